The van der Waals surface area contributed by atoms with Gasteiger partial charge in [0.1, 0.15) is 0 Å². The lowest BCUT2D eigenvalue weighted by Crippen LogP contribution is -1.88. The van der Waals surface area contributed by atoms with Crippen molar-refractivity contribution in [1.29, 1.82) is 0 Å². The first-order chi connectivity index (χ1) is 9.56. The highest BCUT2D eigenvalue weighted by molar-refractivity contribution is 7.15. The molecule has 3 nitrogen and oxygen atoms in total. The third-order valence-corrected chi connectivity index (χ3v) is 4.75. The zero-order chi connectivity index (χ0) is 14.3. The van der Waals surface area contributed by atoms with Crippen LogP contribution in [0.5, 0.6) is 0 Å². The number of thiophene rings is 1. The van der Waals surface area contributed by atoms with E-state index in [1.54, 1.807) is 23.5 Å². The normalized spacial score (nSPS) is 10.9. The molecule has 0 radical (unpaired) electrons. The van der Waals surface area contributed by atoms with Crippen molar-refractivity contribution in [2.45, 2.75) is 6.92 Å². The van der Waals surface area contributed by atoms with E-state index in [0.29, 0.717) is 15.9 Å². The zero-order valence-electron chi connectivity index (χ0n) is 10.6. The summed E-state index contributed by atoms with van der Waals surface area (Å²) in [7, 11) is 0. The molecule has 0 spiro atoms. The van der Waals surface area contributed by atoms with Gasteiger partial charge >= 0.3 is 0 Å². The fraction of sp³-hybridized carbons (Fsp3) is 0.0714. The monoisotopic (exact) mass is 323 g/mol. The molecule has 2 aromatic heterocycles. The first-order valence-electron chi connectivity index (χ1n) is 5.92. The summed E-state index contributed by atoms with van der Waals surface area (Å²) in [6.07, 6.45) is 0. The Hall–Kier alpha value is -1.49. The molecule has 0 bridgehead atoms. The first kappa shape index (κ1) is 13.5. The molecule has 0 unspecified atom stereocenters. The lowest BCUT2D eigenvalue weighted by molar-refractivity contribution is 1.11. The molecule has 0 saturated heterocycles. The van der Waals surface area contributed by atoms with Gasteiger partial charge in [-0.05, 0) is 36.8 Å². The number of nitrogens with zero attached hydrogens (tertiary/aromatic N) is 1. The minimum absolute atomic E-state index is 0.449. The molecule has 0 aliphatic heterocycles. The molecular weight excluding hydrogens is 313 g/mol. The van der Waals surface area contributed by atoms with E-state index in [9.17, 15) is 0 Å². The van der Waals surface area contributed by atoms with Crippen LogP contribution in [0.2, 0.25) is 10.0 Å². The van der Waals surface area contributed by atoms with E-state index in [1.165, 1.54) is 4.88 Å². The Morgan fingerprint density at radius 1 is 1.15 bits per heavy atom. The topological polar surface area (TPSA) is 54.7 Å². The summed E-state index contributed by atoms with van der Waals surface area (Å²) in [5.74, 6) is 0.449. The lowest BCUT2D eigenvalue weighted by Gasteiger charge is -2.04. The van der Waals surface area contributed by atoms with Crippen molar-refractivity contribution < 1.29 is 0 Å². The Bertz CT molecular complexity index is 777. The number of nitrogens with two attached hydrogens (primary N) is 1. The first-order valence-corrected chi connectivity index (χ1v) is 7.49. The maximum atomic E-state index is 6.08. The number of nitrogen functional groups attached to an aromatic ring is 1. The molecule has 0 fully saturated rings. The van der Waals surface area contributed by atoms with Crippen molar-refractivity contribution in [3.05, 3.63) is 45.3 Å². The van der Waals surface area contributed by atoms with Crippen molar-refractivity contribution in [3.63, 3.8) is 0 Å². The summed E-state index contributed by atoms with van der Waals surface area (Å²) in [6, 6.07) is 9.56. The second kappa shape index (κ2) is 5.13. The van der Waals surface area contributed by atoms with Gasteiger partial charge in [0, 0.05) is 4.88 Å². The largest absolute Gasteiger partial charge is 0.382 e. The number of rotatable bonds is 2. The van der Waals surface area contributed by atoms with E-state index in [-0.39, 0.29) is 0 Å². The quantitative estimate of drug-likeness (QED) is 0.697. The molecule has 1 aromatic carbocycles. The average Bonchev–Trinajstić information content (AvgIpc) is 2.99. The summed E-state index contributed by atoms with van der Waals surface area (Å²) in [4.78, 5) is 2.32. The van der Waals surface area contributed by atoms with E-state index in [4.69, 9.17) is 28.9 Å². The van der Waals surface area contributed by atoms with Gasteiger partial charge < -0.3 is 5.73 Å². The number of aromatic amines is 1. The van der Waals surface area contributed by atoms with E-state index in [2.05, 4.69) is 23.2 Å². The average molecular weight is 324 g/mol. The van der Waals surface area contributed by atoms with Crippen molar-refractivity contribution in [2.75, 3.05) is 5.73 Å². The van der Waals surface area contributed by atoms with Crippen LogP contribution in [0.3, 0.4) is 0 Å². The van der Waals surface area contributed by atoms with Crippen molar-refractivity contribution in [2.24, 2.45) is 0 Å². The molecule has 102 valence electrons. The summed E-state index contributed by atoms with van der Waals surface area (Å²) in [6.45, 7) is 2.06. The second-order valence-corrected chi connectivity index (χ2v) is 6.50. The predicted molar refractivity (Wildman–Crippen MR) is 86.5 cm³/mol. The van der Waals surface area contributed by atoms with Crippen LogP contribution in [0.25, 0.3) is 21.7 Å². The Morgan fingerprint density at radius 3 is 2.60 bits per heavy atom. The summed E-state index contributed by atoms with van der Waals surface area (Å²) in [5.41, 5.74) is 8.64. The molecule has 0 atom stereocenters. The molecule has 0 amide bonds. The van der Waals surface area contributed by atoms with E-state index in [0.717, 1.165) is 21.7 Å². The van der Waals surface area contributed by atoms with E-state index >= 15 is 0 Å². The maximum Gasteiger partial charge on any atom is 0.153 e. The van der Waals surface area contributed by atoms with Gasteiger partial charge in [0.2, 0.25) is 0 Å². The minimum atomic E-state index is 0.449. The van der Waals surface area contributed by atoms with Crippen LogP contribution in [0.15, 0.2) is 30.3 Å². The number of halogens is 2. The third-order valence-electron chi connectivity index (χ3n) is 2.99. The summed E-state index contributed by atoms with van der Waals surface area (Å²) >= 11 is 13.7. The highest BCUT2D eigenvalue weighted by Crippen LogP contribution is 2.39. The minimum Gasteiger partial charge on any atom is -0.382 e. The van der Waals surface area contributed by atoms with Gasteiger partial charge in [-0.3, -0.25) is 5.10 Å². The standard InChI is InChI=1S/C14H11Cl2N3S/c1-7-2-5-11(20-7)13-12(14(17)19-18-13)8-3-4-9(15)10(16)6-8/h2-6H,1H3,(H3,17,18,19). The molecule has 3 aromatic rings. The van der Waals surface area contributed by atoms with Crippen molar-refractivity contribution >= 4 is 40.4 Å². The highest BCUT2D eigenvalue weighted by atomic mass is 35.5. The third kappa shape index (κ3) is 2.30. The molecule has 3 rings (SSSR count). The van der Waals surface area contributed by atoms with Crippen molar-refractivity contribution in [1.82, 2.24) is 10.2 Å². The SMILES string of the molecule is Cc1ccc(-c2[nH]nc(N)c2-c2ccc(Cl)c(Cl)c2)s1. The van der Waals surface area contributed by atoms with Crippen LogP contribution in [-0.4, -0.2) is 10.2 Å². The molecule has 3 N–H and O–H groups in total. The van der Waals surface area contributed by atoms with Crippen LogP contribution >= 0.6 is 34.5 Å². The number of aromatic nitrogens is 2. The Morgan fingerprint density at radius 2 is 1.95 bits per heavy atom. The molecule has 0 aliphatic rings. The van der Waals surface area contributed by atoms with Gasteiger partial charge in [-0.25, -0.2) is 0 Å². The van der Waals surface area contributed by atoms with E-state index < -0.39 is 0 Å². The molecule has 0 saturated carbocycles. The Balaban J connectivity index is 2.18. The number of benzene rings is 1. The van der Waals surface area contributed by atoms with E-state index in [1.807, 2.05) is 12.1 Å². The van der Waals surface area contributed by atoms with Crippen LogP contribution in [0.1, 0.15) is 4.88 Å². The number of H-pyrrole nitrogens is 1. The number of anilines is 1. The predicted octanol–water partition coefficient (Wildman–Crippen LogP) is 5.00. The van der Waals surface area contributed by atoms with Crippen LogP contribution in [0, 0.1) is 6.92 Å². The molecule has 20 heavy (non-hydrogen) atoms. The number of hydrogen-bond donors (Lipinski definition) is 2. The Labute approximate surface area is 130 Å². The molecule has 6 heteroatoms. The lowest BCUT2D eigenvalue weighted by atomic mass is 10.0. The fourth-order valence-corrected chi connectivity index (χ4v) is 3.21. The van der Waals surface area contributed by atoms with Gasteiger partial charge in [-0.1, -0.05) is 29.3 Å². The number of nitrogens with one attached hydrogen (secondary N) is 1. The Kier molecular flexibility index (Phi) is 3.46. The fourth-order valence-electron chi connectivity index (χ4n) is 2.05. The molecular formula is C14H11Cl2N3S. The van der Waals surface area contributed by atoms with Gasteiger partial charge in [0.15, 0.2) is 5.82 Å². The van der Waals surface area contributed by atoms with Crippen LogP contribution in [-0.2, 0) is 0 Å². The van der Waals surface area contributed by atoms with Crippen molar-refractivity contribution in [3.8, 4) is 21.7 Å². The van der Waals surface area contributed by atoms with Gasteiger partial charge in [0.05, 0.1) is 26.2 Å². The van der Waals surface area contributed by atoms with Crippen LogP contribution < -0.4 is 5.73 Å². The van der Waals surface area contributed by atoms with Gasteiger partial charge in [0.25, 0.3) is 0 Å². The maximum absolute atomic E-state index is 6.08. The smallest absolute Gasteiger partial charge is 0.153 e. The van der Waals surface area contributed by atoms with Gasteiger partial charge in [-0.15, -0.1) is 11.3 Å². The molecule has 2 heterocycles. The number of aryl methyl sites for hydroxylation is 1. The molecule has 0 aliphatic carbocycles. The van der Waals surface area contributed by atoms with Crippen LogP contribution in [0.4, 0.5) is 5.82 Å². The number of hydrogen-bond acceptors (Lipinski definition) is 3. The summed E-state index contributed by atoms with van der Waals surface area (Å²) < 4.78 is 0. The highest BCUT2D eigenvalue weighted by Gasteiger charge is 2.16. The van der Waals surface area contributed by atoms with Gasteiger partial charge in [-0.2, -0.15) is 5.10 Å². The summed E-state index contributed by atoms with van der Waals surface area (Å²) in [5, 5.41) is 8.13. The second-order valence-electron chi connectivity index (χ2n) is 4.40. The zero-order valence-corrected chi connectivity index (χ0v) is 12.9.